The number of carbonyl (C=O) groups is 1. The molecule has 3 unspecified atom stereocenters. The molecular weight excluding hydrogens is 340 g/mol. The van der Waals surface area contributed by atoms with E-state index in [1.807, 2.05) is 13.0 Å². The maximum Gasteiger partial charge on any atom is 0.508 e. The molecule has 0 spiro atoms. The third-order valence-electron chi connectivity index (χ3n) is 5.25. The van der Waals surface area contributed by atoms with Crippen LogP contribution >= 0.6 is 0 Å². The molecule has 0 aromatic heterocycles. The SMILES string of the molecule is CCOCC=C(CCC1CCC2OC2C1)C(=O)C[Si](OC)(OC)OC. The first-order valence-electron chi connectivity index (χ1n) is 9.18. The molecule has 3 atom stereocenters. The van der Waals surface area contributed by atoms with Crippen LogP contribution in [0, 0.1) is 5.92 Å². The molecule has 2 aliphatic rings. The minimum atomic E-state index is -2.91. The highest BCUT2D eigenvalue weighted by Crippen LogP contribution is 2.41. The van der Waals surface area contributed by atoms with Crippen LogP contribution in [0.4, 0.5) is 0 Å². The average Bonchev–Trinajstić information content (AvgIpc) is 3.41. The fraction of sp³-hybridized carbons (Fsp3) is 0.833. The summed E-state index contributed by atoms with van der Waals surface area (Å²) in [5.74, 6) is 0.676. The summed E-state index contributed by atoms with van der Waals surface area (Å²) >= 11 is 0. The molecule has 7 heteroatoms. The number of epoxide rings is 1. The van der Waals surface area contributed by atoms with Gasteiger partial charge in [0.2, 0.25) is 0 Å². The molecule has 0 radical (unpaired) electrons. The normalized spacial score (nSPS) is 26.4. The molecule has 25 heavy (non-hydrogen) atoms. The van der Waals surface area contributed by atoms with Gasteiger partial charge >= 0.3 is 8.80 Å². The minimum Gasteiger partial charge on any atom is -0.378 e. The van der Waals surface area contributed by atoms with E-state index >= 15 is 0 Å². The van der Waals surface area contributed by atoms with Gasteiger partial charge in [0, 0.05) is 27.9 Å². The van der Waals surface area contributed by atoms with E-state index in [0.29, 0.717) is 31.3 Å². The van der Waals surface area contributed by atoms with Crippen molar-refractivity contribution in [3.05, 3.63) is 11.6 Å². The molecule has 0 bridgehead atoms. The van der Waals surface area contributed by atoms with Gasteiger partial charge in [-0.05, 0) is 50.5 Å². The summed E-state index contributed by atoms with van der Waals surface area (Å²) < 4.78 is 27.2. The fourth-order valence-corrected chi connectivity index (χ4v) is 5.07. The van der Waals surface area contributed by atoms with Gasteiger partial charge in [0.05, 0.1) is 24.9 Å². The zero-order chi connectivity index (χ0) is 18.3. The monoisotopic (exact) mass is 372 g/mol. The molecule has 0 amide bonds. The van der Waals surface area contributed by atoms with Crippen LogP contribution < -0.4 is 0 Å². The molecule has 1 aliphatic carbocycles. The van der Waals surface area contributed by atoms with Gasteiger partial charge in [-0.15, -0.1) is 0 Å². The lowest BCUT2D eigenvalue weighted by atomic mass is 9.85. The van der Waals surface area contributed by atoms with E-state index in [1.165, 1.54) is 27.8 Å². The van der Waals surface area contributed by atoms with Gasteiger partial charge in [-0.2, -0.15) is 0 Å². The van der Waals surface area contributed by atoms with Crippen LogP contribution in [0.5, 0.6) is 0 Å². The zero-order valence-electron chi connectivity index (χ0n) is 15.9. The smallest absolute Gasteiger partial charge is 0.378 e. The average molecular weight is 373 g/mol. The lowest BCUT2D eigenvalue weighted by molar-refractivity contribution is -0.114. The van der Waals surface area contributed by atoms with Gasteiger partial charge in [0.25, 0.3) is 0 Å². The molecule has 6 nitrogen and oxygen atoms in total. The van der Waals surface area contributed by atoms with Gasteiger partial charge in [-0.25, -0.2) is 0 Å². The summed E-state index contributed by atoms with van der Waals surface area (Å²) in [7, 11) is 1.68. The summed E-state index contributed by atoms with van der Waals surface area (Å²) in [6.07, 6.45) is 8.15. The van der Waals surface area contributed by atoms with Crippen molar-refractivity contribution in [1.82, 2.24) is 0 Å². The zero-order valence-corrected chi connectivity index (χ0v) is 16.9. The van der Waals surface area contributed by atoms with Crippen LogP contribution in [0.2, 0.25) is 6.04 Å². The molecule has 1 saturated heterocycles. The number of hydrogen-bond donors (Lipinski definition) is 0. The van der Waals surface area contributed by atoms with Crippen molar-refractivity contribution in [1.29, 1.82) is 0 Å². The minimum absolute atomic E-state index is 0.0354. The highest BCUT2D eigenvalue weighted by Gasteiger charge is 2.44. The highest BCUT2D eigenvalue weighted by molar-refractivity contribution is 6.64. The Morgan fingerprint density at radius 1 is 1.16 bits per heavy atom. The van der Waals surface area contributed by atoms with Gasteiger partial charge < -0.3 is 22.8 Å². The maximum atomic E-state index is 12.8. The molecule has 0 aromatic rings. The third kappa shape index (κ3) is 5.98. The Morgan fingerprint density at radius 2 is 1.88 bits per heavy atom. The molecule has 144 valence electrons. The number of carbonyl (C=O) groups excluding carboxylic acids is 1. The number of ether oxygens (including phenoxy) is 2. The first kappa shape index (κ1) is 20.7. The summed E-state index contributed by atoms with van der Waals surface area (Å²) in [5, 5.41) is 0. The quantitative estimate of drug-likeness (QED) is 0.227. The van der Waals surface area contributed by atoms with Crippen molar-refractivity contribution in [2.75, 3.05) is 34.5 Å². The van der Waals surface area contributed by atoms with Crippen molar-refractivity contribution in [3.8, 4) is 0 Å². The second kappa shape index (κ2) is 9.94. The fourth-order valence-electron chi connectivity index (χ4n) is 3.52. The maximum absolute atomic E-state index is 12.8. The Balaban J connectivity index is 1.93. The molecule has 2 fully saturated rings. The van der Waals surface area contributed by atoms with Crippen molar-refractivity contribution >= 4 is 14.6 Å². The predicted octanol–water partition coefficient (Wildman–Crippen LogP) is 2.74. The second-order valence-electron chi connectivity index (χ2n) is 6.71. The standard InChI is InChI=1S/C18H32O6Si/c1-5-23-11-10-15(16(19)13-25(20-2,21-3)22-4)8-6-14-7-9-17-18(12-14)24-17/h10,14,17-18H,5-9,11-13H2,1-4H3. The molecule has 1 aliphatic heterocycles. The number of Topliss-reactive ketones (excluding diaryl/α,β-unsaturated/α-hetero) is 1. The van der Waals surface area contributed by atoms with Crippen LogP contribution in [0.15, 0.2) is 11.6 Å². The Bertz CT molecular complexity index is 454. The number of rotatable bonds is 12. The summed E-state index contributed by atoms with van der Waals surface area (Å²) in [6, 6.07) is 0.160. The van der Waals surface area contributed by atoms with Gasteiger partial charge in [-0.1, -0.05) is 6.08 Å². The lowest BCUT2D eigenvalue weighted by Gasteiger charge is -2.24. The van der Waals surface area contributed by atoms with E-state index in [4.69, 9.17) is 22.8 Å². The van der Waals surface area contributed by atoms with Crippen molar-refractivity contribution in [2.24, 2.45) is 5.92 Å². The third-order valence-corrected chi connectivity index (χ3v) is 7.87. The molecule has 2 rings (SSSR count). The topological polar surface area (TPSA) is 66.5 Å². The number of ketones is 1. The number of hydrogen-bond acceptors (Lipinski definition) is 6. The van der Waals surface area contributed by atoms with Crippen molar-refractivity contribution in [3.63, 3.8) is 0 Å². The lowest BCUT2D eigenvalue weighted by Crippen LogP contribution is -2.44. The van der Waals surface area contributed by atoms with Crippen molar-refractivity contribution < 1.29 is 27.5 Å². The Labute approximate surface area is 152 Å². The molecule has 0 N–H and O–H groups in total. The summed E-state index contributed by atoms with van der Waals surface area (Å²) in [6.45, 7) is 3.04. The first-order chi connectivity index (χ1) is 12.1. The molecule has 1 saturated carbocycles. The van der Waals surface area contributed by atoms with Gasteiger partial charge in [0.1, 0.15) is 0 Å². The number of fused-ring (bicyclic) bond motifs is 1. The van der Waals surface area contributed by atoms with Crippen LogP contribution in [0.25, 0.3) is 0 Å². The van der Waals surface area contributed by atoms with E-state index in [9.17, 15) is 4.79 Å². The van der Waals surface area contributed by atoms with Crippen LogP contribution in [0.1, 0.15) is 39.0 Å². The second-order valence-corrected chi connectivity index (χ2v) is 9.66. The summed E-state index contributed by atoms with van der Waals surface area (Å²) in [5.41, 5.74) is 0.801. The molecule has 1 heterocycles. The molecule has 0 aromatic carbocycles. The van der Waals surface area contributed by atoms with E-state index < -0.39 is 8.80 Å². The first-order valence-corrected chi connectivity index (χ1v) is 11.1. The van der Waals surface area contributed by atoms with Gasteiger partial charge in [0.15, 0.2) is 5.78 Å². The van der Waals surface area contributed by atoms with Crippen LogP contribution in [-0.4, -0.2) is 61.3 Å². The summed E-state index contributed by atoms with van der Waals surface area (Å²) in [4.78, 5) is 12.8. The Morgan fingerprint density at radius 3 is 2.48 bits per heavy atom. The Hall–Kier alpha value is -0.573. The van der Waals surface area contributed by atoms with E-state index in [1.54, 1.807) is 0 Å². The molecular formula is C18H32O6Si. The van der Waals surface area contributed by atoms with Gasteiger partial charge in [-0.3, -0.25) is 4.79 Å². The van der Waals surface area contributed by atoms with Crippen LogP contribution in [-0.2, 0) is 27.5 Å². The largest absolute Gasteiger partial charge is 0.508 e. The van der Waals surface area contributed by atoms with E-state index in [0.717, 1.165) is 31.3 Å². The van der Waals surface area contributed by atoms with E-state index in [-0.39, 0.29) is 11.8 Å². The van der Waals surface area contributed by atoms with Crippen LogP contribution in [0.3, 0.4) is 0 Å². The predicted molar refractivity (Wildman–Crippen MR) is 96.4 cm³/mol. The van der Waals surface area contributed by atoms with Crippen molar-refractivity contribution in [2.45, 2.75) is 57.3 Å². The number of allylic oxidation sites excluding steroid dienone is 1. The Kier molecular flexibility index (Phi) is 8.25. The van der Waals surface area contributed by atoms with E-state index in [2.05, 4.69) is 0 Å². The highest BCUT2D eigenvalue weighted by atomic mass is 28.4.